The van der Waals surface area contributed by atoms with Gasteiger partial charge in [-0.05, 0) is 35.7 Å². The lowest BCUT2D eigenvalue weighted by Crippen LogP contribution is -2.31. The maximum absolute atomic E-state index is 12.6. The van der Waals surface area contributed by atoms with Gasteiger partial charge in [0.15, 0.2) is 6.61 Å². The number of fused-ring (bicyclic) bond motifs is 1. The summed E-state index contributed by atoms with van der Waals surface area (Å²) in [6.07, 6.45) is 0.778. The van der Waals surface area contributed by atoms with E-state index in [0.29, 0.717) is 30.9 Å². The Morgan fingerprint density at radius 1 is 0.933 bits per heavy atom. The monoisotopic (exact) mass is 400 g/mol. The molecule has 30 heavy (non-hydrogen) atoms. The first-order valence-corrected chi connectivity index (χ1v) is 10.1. The Balaban J connectivity index is 1.43. The van der Waals surface area contributed by atoms with Crippen LogP contribution in [0.1, 0.15) is 27.0 Å². The van der Waals surface area contributed by atoms with Crippen molar-refractivity contribution in [3.05, 3.63) is 101 Å². The number of nitrogens with one attached hydrogen (secondary N) is 1. The molecule has 1 aliphatic heterocycles. The number of carbonyl (C=O) groups excluding carboxylic acids is 2. The van der Waals surface area contributed by atoms with Gasteiger partial charge in [-0.25, -0.2) is 0 Å². The van der Waals surface area contributed by atoms with E-state index in [1.165, 1.54) is 5.56 Å². The summed E-state index contributed by atoms with van der Waals surface area (Å²) in [7, 11) is 0. The van der Waals surface area contributed by atoms with Gasteiger partial charge in [0.2, 0.25) is 0 Å². The van der Waals surface area contributed by atoms with Crippen LogP contribution >= 0.6 is 0 Å². The molecule has 0 aliphatic carbocycles. The quantitative estimate of drug-likeness (QED) is 0.688. The Morgan fingerprint density at radius 2 is 1.63 bits per heavy atom. The van der Waals surface area contributed by atoms with Crippen molar-refractivity contribution in [2.24, 2.45) is 0 Å². The third kappa shape index (κ3) is 4.87. The van der Waals surface area contributed by atoms with E-state index in [2.05, 4.69) is 5.32 Å². The smallest absolute Gasteiger partial charge is 0.261 e. The Labute approximate surface area is 176 Å². The number of carbonyl (C=O) groups is 2. The number of rotatable bonds is 6. The van der Waals surface area contributed by atoms with Gasteiger partial charge < -0.3 is 15.0 Å². The van der Waals surface area contributed by atoms with Crippen molar-refractivity contribution in [2.75, 3.05) is 13.2 Å². The summed E-state index contributed by atoms with van der Waals surface area (Å²) in [5.74, 6) is 0.461. The molecule has 1 aliphatic rings. The lowest BCUT2D eigenvalue weighted by atomic mass is 10.1. The van der Waals surface area contributed by atoms with E-state index >= 15 is 0 Å². The molecule has 0 unspecified atom stereocenters. The van der Waals surface area contributed by atoms with Crippen LogP contribution in [0.3, 0.4) is 0 Å². The molecule has 2 amide bonds. The maximum atomic E-state index is 12.6. The van der Waals surface area contributed by atoms with Crippen LogP contribution in [0.2, 0.25) is 0 Å². The van der Waals surface area contributed by atoms with Crippen molar-refractivity contribution in [3.8, 4) is 5.75 Å². The lowest BCUT2D eigenvalue weighted by Gasteiger charge is -2.20. The van der Waals surface area contributed by atoms with Gasteiger partial charge in [0, 0.05) is 30.8 Å². The highest BCUT2D eigenvalue weighted by atomic mass is 16.5. The van der Waals surface area contributed by atoms with Gasteiger partial charge >= 0.3 is 0 Å². The number of hydrogen-bond donors (Lipinski definition) is 1. The van der Waals surface area contributed by atoms with Gasteiger partial charge in [0.05, 0.1) is 0 Å². The maximum Gasteiger partial charge on any atom is 0.261 e. The number of hydrogen-bond acceptors (Lipinski definition) is 3. The Hall–Kier alpha value is -3.60. The molecule has 0 spiro atoms. The third-order valence-electron chi connectivity index (χ3n) is 5.15. The second kappa shape index (κ2) is 9.27. The summed E-state index contributed by atoms with van der Waals surface area (Å²) in [6, 6.07) is 25.3. The minimum absolute atomic E-state index is 0.00243. The van der Waals surface area contributed by atoms with Crippen LogP contribution in [-0.4, -0.2) is 29.9 Å². The van der Waals surface area contributed by atoms with Crippen LogP contribution in [0.25, 0.3) is 0 Å². The Morgan fingerprint density at radius 3 is 2.37 bits per heavy atom. The summed E-state index contributed by atoms with van der Waals surface area (Å²) in [6.45, 7) is 1.49. The standard InChI is InChI=1S/C25H24N2O3/c28-24-18-30-23-12-11-21(25(29)26-14-13-19-7-3-1-4-8-19)15-22(23)17-27(24)16-20-9-5-2-6-10-20/h1-12,15H,13-14,16-18H2,(H,26,29). The molecule has 5 heteroatoms. The van der Waals surface area contributed by atoms with E-state index in [9.17, 15) is 9.59 Å². The summed E-state index contributed by atoms with van der Waals surface area (Å²) in [5.41, 5.74) is 3.65. The zero-order chi connectivity index (χ0) is 20.8. The molecular weight excluding hydrogens is 376 g/mol. The highest BCUT2D eigenvalue weighted by Gasteiger charge is 2.22. The van der Waals surface area contributed by atoms with Crippen molar-refractivity contribution in [2.45, 2.75) is 19.5 Å². The second-order valence-corrected chi connectivity index (χ2v) is 7.34. The molecule has 1 heterocycles. The average Bonchev–Trinajstić information content (AvgIpc) is 2.93. The predicted octanol–water partition coefficient (Wildman–Crippen LogP) is 3.58. The molecule has 3 aromatic carbocycles. The van der Waals surface area contributed by atoms with Crippen LogP contribution in [0, 0.1) is 0 Å². The minimum Gasteiger partial charge on any atom is -0.483 e. The molecule has 5 nitrogen and oxygen atoms in total. The fourth-order valence-corrected chi connectivity index (χ4v) is 3.52. The zero-order valence-corrected chi connectivity index (χ0v) is 16.7. The zero-order valence-electron chi connectivity index (χ0n) is 16.7. The fraction of sp³-hybridized carbons (Fsp3) is 0.200. The molecule has 0 bridgehead atoms. The molecule has 152 valence electrons. The third-order valence-corrected chi connectivity index (χ3v) is 5.15. The number of benzene rings is 3. The molecule has 0 atom stereocenters. The van der Waals surface area contributed by atoms with Crippen LogP contribution in [-0.2, 0) is 24.3 Å². The molecule has 4 rings (SSSR count). The van der Waals surface area contributed by atoms with Crippen LogP contribution in [0.15, 0.2) is 78.9 Å². The lowest BCUT2D eigenvalue weighted by molar-refractivity contribution is -0.133. The Bertz CT molecular complexity index is 1020. The summed E-state index contributed by atoms with van der Waals surface area (Å²) in [5, 5.41) is 2.97. The van der Waals surface area contributed by atoms with Gasteiger partial charge in [-0.2, -0.15) is 0 Å². The van der Waals surface area contributed by atoms with Gasteiger partial charge in [-0.15, -0.1) is 0 Å². The molecule has 0 aromatic heterocycles. The Kier molecular flexibility index (Phi) is 6.09. The van der Waals surface area contributed by atoms with Gasteiger partial charge in [-0.1, -0.05) is 60.7 Å². The normalized spacial score (nSPS) is 13.2. The first-order chi connectivity index (χ1) is 14.7. The van der Waals surface area contributed by atoms with Crippen molar-refractivity contribution < 1.29 is 14.3 Å². The van der Waals surface area contributed by atoms with Gasteiger partial charge in [-0.3, -0.25) is 9.59 Å². The molecular formula is C25H24N2O3. The summed E-state index contributed by atoms with van der Waals surface area (Å²) < 4.78 is 5.68. The summed E-state index contributed by atoms with van der Waals surface area (Å²) in [4.78, 5) is 26.9. The minimum atomic E-state index is -0.126. The highest BCUT2D eigenvalue weighted by molar-refractivity contribution is 5.94. The number of ether oxygens (including phenoxy) is 1. The van der Waals surface area contributed by atoms with E-state index in [1.807, 2.05) is 66.7 Å². The summed E-state index contributed by atoms with van der Waals surface area (Å²) >= 11 is 0. The van der Waals surface area contributed by atoms with E-state index in [1.54, 1.807) is 17.0 Å². The van der Waals surface area contributed by atoms with Crippen LogP contribution < -0.4 is 10.1 Å². The fourth-order valence-electron chi connectivity index (χ4n) is 3.52. The topological polar surface area (TPSA) is 58.6 Å². The van der Waals surface area contributed by atoms with Crippen molar-refractivity contribution >= 4 is 11.8 Å². The molecule has 0 fully saturated rings. The van der Waals surface area contributed by atoms with Gasteiger partial charge in [0.25, 0.3) is 11.8 Å². The molecule has 0 saturated carbocycles. The van der Waals surface area contributed by atoms with Gasteiger partial charge in [0.1, 0.15) is 5.75 Å². The van der Waals surface area contributed by atoms with Crippen molar-refractivity contribution in [3.63, 3.8) is 0 Å². The second-order valence-electron chi connectivity index (χ2n) is 7.34. The van der Waals surface area contributed by atoms with E-state index < -0.39 is 0 Å². The van der Waals surface area contributed by atoms with Crippen molar-refractivity contribution in [1.29, 1.82) is 0 Å². The first kappa shape index (κ1) is 19.7. The first-order valence-electron chi connectivity index (χ1n) is 10.1. The SMILES string of the molecule is O=C(NCCc1ccccc1)c1ccc2c(c1)CN(Cc1ccccc1)C(=O)CO2. The molecule has 1 N–H and O–H groups in total. The van der Waals surface area contributed by atoms with E-state index in [-0.39, 0.29) is 18.4 Å². The van der Waals surface area contributed by atoms with E-state index in [0.717, 1.165) is 17.5 Å². The van der Waals surface area contributed by atoms with Crippen molar-refractivity contribution in [1.82, 2.24) is 10.2 Å². The van der Waals surface area contributed by atoms with E-state index in [4.69, 9.17) is 4.74 Å². The molecule has 3 aromatic rings. The number of amides is 2. The number of nitrogens with zero attached hydrogens (tertiary/aromatic N) is 1. The van der Waals surface area contributed by atoms with Crippen LogP contribution in [0.5, 0.6) is 5.75 Å². The predicted molar refractivity (Wildman–Crippen MR) is 115 cm³/mol. The largest absolute Gasteiger partial charge is 0.483 e. The van der Waals surface area contributed by atoms with Crippen LogP contribution in [0.4, 0.5) is 0 Å². The highest BCUT2D eigenvalue weighted by Crippen LogP contribution is 2.25. The average molecular weight is 400 g/mol. The molecule has 0 radical (unpaired) electrons. The molecule has 0 saturated heterocycles.